The standard InChI is InChI=1S/C14H26N4O2S/c1-8-10(9(2)18(7)16-8)21(19,20)17-12-13(3,4)11(15)14(12,5)6/h11-12,17H,15H2,1-7H3. The van der Waals surface area contributed by atoms with Gasteiger partial charge in [0.25, 0.3) is 0 Å². The van der Waals surface area contributed by atoms with E-state index < -0.39 is 10.0 Å². The Morgan fingerprint density at radius 2 is 1.67 bits per heavy atom. The Labute approximate surface area is 127 Å². The van der Waals surface area contributed by atoms with Gasteiger partial charge in [0.1, 0.15) is 4.90 Å². The molecule has 0 atom stereocenters. The number of sulfonamides is 1. The Bertz CT molecular complexity index is 657. The second-order valence-corrected chi connectivity index (χ2v) is 8.95. The summed E-state index contributed by atoms with van der Waals surface area (Å²) in [5.74, 6) is 0. The lowest BCUT2D eigenvalue weighted by molar-refractivity contribution is -0.0593. The first-order chi connectivity index (χ1) is 9.33. The molecular formula is C14H26N4O2S. The van der Waals surface area contributed by atoms with Crippen molar-refractivity contribution in [3.63, 3.8) is 0 Å². The molecule has 0 bridgehead atoms. The van der Waals surface area contributed by atoms with Gasteiger partial charge in [-0.05, 0) is 24.7 Å². The number of rotatable bonds is 3. The highest BCUT2D eigenvalue weighted by Crippen LogP contribution is 2.53. The minimum absolute atomic E-state index is 0.0474. The van der Waals surface area contributed by atoms with E-state index in [0.29, 0.717) is 11.4 Å². The summed E-state index contributed by atoms with van der Waals surface area (Å²) in [6, 6.07) is -0.252. The number of nitrogens with one attached hydrogen (secondary N) is 1. The van der Waals surface area contributed by atoms with Gasteiger partial charge < -0.3 is 5.73 Å². The minimum Gasteiger partial charge on any atom is -0.327 e. The Kier molecular flexibility index (Phi) is 3.55. The lowest BCUT2D eigenvalue weighted by atomic mass is 9.49. The predicted molar refractivity (Wildman–Crippen MR) is 82.3 cm³/mol. The molecule has 7 heteroatoms. The van der Waals surface area contributed by atoms with Crippen molar-refractivity contribution in [3.8, 4) is 0 Å². The zero-order chi connectivity index (χ0) is 16.4. The molecule has 1 aliphatic carbocycles. The fourth-order valence-electron chi connectivity index (χ4n) is 3.84. The van der Waals surface area contributed by atoms with Crippen molar-refractivity contribution in [2.45, 2.75) is 58.5 Å². The van der Waals surface area contributed by atoms with Crippen LogP contribution in [-0.4, -0.2) is 30.3 Å². The highest BCUT2D eigenvalue weighted by atomic mass is 32.2. The number of aromatic nitrogens is 2. The van der Waals surface area contributed by atoms with Crippen LogP contribution in [0.25, 0.3) is 0 Å². The van der Waals surface area contributed by atoms with Gasteiger partial charge in [-0.15, -0.1) is 0 Å². The number of hydrogen-bond donors (Lipinski definition) is 2. The summed E-state index contributed by atoms with van der Waals surface area (Å²) in [5, 5.41) is 4.19. The van der Waals surface area contributed by atoms with Gasteiger partial charge in [0.15, 0.2) is 0 Å². The van der Waals surface area contributed by atoms with Crippen LogP contribution in [0.4, 0.5) is 0 Å². The summed E-state index contributed by atoms with van der Waals surface area (Å²) in [4.78, 5) is 0.275. The Morgan fingerprint density at radius 1 is 1.19 bits per heavy atom. The molecule has 0 radical (unpaired) electrons. The summed E-state index contributed by atoms with van der Waals surface area (Å²) in [6.45, 7) is 11.5. The average molecular weight is 314 g/mol. The molecule has 1 aromatic rings. The van der Waals surface area contributed by atoms with Gasteiger partial charge in [0.05, 0.1) is 11.4 Å². The molecule has 6 nitrogen and oxygen atoms in total. The zero-order valence-corrected chi connectivity index (χ0v) is 14.7. The van der Waals surface area contributed by atoms with Gasteiger partial charge >= 0.3 is 0 Å². The number of hydrogen-bond acceptors (Lipinski definition) is 4. The normalized spacial score (nSPS) is 27.4. The first kappa shape index (κ1) is 16.5. The van der Waals surface area contributed by atoms with E-state index >= 15 is 0 Å². The Hall–Kier alpha value is -0.920. The SMILES string of the molecule is Cc1nn(C)c(C)c1S(=O)(=O)NC1C(C)(C)C(N)C1(C)C. The summed E-state index contributed by atoms with van der Waals surface area (Å²) in [5.41, 5.74) is 6.79. The van der Waals surface area contributed by atoms with Crippen molar-refractivity contribution in [2.24, 2.45) is 23.6 Å². The Morgan fingerprint density at radius 3 is 2.05 bits per heavy atom. The molecule has 0 saturated heterocycles. The Balaban J connectivity index is 2.39. The third-order valence-electron chi connectivity index (χ3n) is 5.08. The zero-order valence-electron chi connectivity index (χ0n) is 13.9. The predicted octanol–water partition coefficient (Wildman–Crippen LogP) is 1.08. The van der Waals surface area contributed by atoms with Crippen LogP contribution < -0.4 is 10.5 Å². The summed E-state index contributed by atoms with van der Waals surface area (Å²) >= 11 is 0. The van der Waals surface area contributed by atoms with Crippen molar-refractivity contribution in [1.29, 1.82) is 0 Å². The maximum atomic E-state index is 12.8. The molecule has 21 heavy (non-hydrogen) atoms. The number of nitrogens with zero attached hydrogens (tertiary/aromatic N) is 2. The lowest BCUT2D eigenvalue weighted by Gasteiger charge is -2.62. The van der Waals surface area contributed by atoms with Crippen molar-refractivity contribution >= 4 is 10.0 Å². The van der Waals surface area contributed by atoms with Crippen LogP contribution in [0, 0.1) is 24.7 Å². The number of aryl methyl sites for hydroxylation is 2. The first-order valence-corrected chi connectivity index (χ1v) is 8.60. The molecule has 1 aromatic heterocycles. The largest absolute Gasteiger partial charge is 0.327 e. The molecular weight excluding hydrogens is 288 g/mol. The van der Waals surface area contributed by atoms with Gasteiger partial charge in [0.2, 0.25) is 10.0 Å². The van der Waals surface area contributed by atoms with E-state index in [9.17, 15) is 8.42 Å². The van der Waals surface area contributed by atoms with Crippen LogP contribution in [0.15, 0.2) is 4.90 Å². The molecule has 3 N–H and O–H groups in total. The van der Waals surface area contributed by atoms with Crippen LogP contribution in [0.2, 0.25) is 0 Å². The van der Waals surface area contributed by atoms with Crippen LogP contribution in [-0.2, 0) is 17.1 Å². The molecule has 120 valence electrons. The molecule has 0 unspecified atom stereocenters. The van der Waals surface area contributed by atoms with Gasteiger partial charge in [-0.2, -0.15) is 5.10 Å². The van der Waals surface area contributed by atoms with Crippen molar-refractivity contribution < 1.29 is 8.42 Å². The van der Waals surface area contributed by atoms with E-state index in [1.807, 2.05) is 27.7 Å². The molecule has 2 rings (SSSR count). The van der Waals surface area contributed by atoms with E-state index in [1.165, 1.54) is 0 Å². The van der Waals surface area contributed by atoms with Gasteiger partial charge in [-0.25, -0.2) is 13.1 Å². The molecule has 1 saturated carbocycles. The average Bonchev–Trinajstić information content (AvgIpc) is 2.59. The van der Waals surface area contributed by atoms with E-state index in [4.69, 9.17) is 5.73 Å². The third kappa shape index (κ3) is 2.22. The van der Waals surface area contributed by atoms with Crippen molar-refractivity contribution in [1.82, 2.24) is 14.5 Å². The molecule has 0 aromatic carbocycles. The van der Waals surface area contributed by atoms with Gasteiger partial charge in [0, 0.05) is 19.1 Å². The molecule has 1 aliphatic rings. The quantitative estimate of drug-likeness (QED) is 0.873. The second-order valence-electron chi connectivity index (χ2n) is 7.30. The lowest BCUT2D eigenvalue weighted by Crippen LogP contribution is -2.75. The molecule has 0 aliphatic heterocycles. The van der Waals surface area contributed by atoms with Gasteiger partial charge in [-0.3, -0.25) is 4.68 Å². The molecule has 0 amide bonds. The maximum absolute atomic E-state index is 12.8. The second kappa shape index (κ2) is 4.54. The van der Waals surface area contributed by atoms with Crippen LogP contribution in [0.5, 0.6) is 0 Å². The fraction of sp³-hybridized carbons (Fsp3) is 0.786. The monoisotopic (exact) mass is 314 g/mol. The van der Waals surface area contributed by atoms with E-state index in [2.05, 4.69) is 9.82 Å². The summed E-state index contributed by atoms with van der Waals surface area (Å²) in [7, 11) is -1.87. The number of nitrogens with two attached hydrogens (primary N) is 1. The van der Waals surface area contributed by atoms with Crippen LogP contribution in [0.3, 0.4) is 0 Å². The van der Waals surface area contributed by atoms with Crippen LogP contribution >= 0.6 is 0 Å². The molecule has 1 fully saturated rings. The molecule has 0 spiro atoms. The van der Waals surface area contributed by atoms with Crippen LogP contribution in [0.1, 0.15) is 39.1 Å². The highest BCUT2D eigenvalue weighted by Gasteiger charge is 2.61. The van der Waals surface area contributed by atoms with Gasteiger partial charge in [-0.1, -0.05) is 27.7 Å². The molecule has 1 heterocycles. The highest BCUT2D eigenvalue weighted by molar-refractivity contribution is 7.89. The minimum atomic E-state index is -3.62. The van der Waals surface area contributed by atoms with E-state index in [-0.39, 0.29) is 27.8 Å². The van der Waals surface area contributed by atoms with Crippen molar-refractivity contribution in [3.05, 3.63) is 11.4 Å². The summed E-state index contributed by atoms with van der Waals surface area (Å²) < 4.78 is 30.0. The third-order valence-corrected chi connectivity index (χ3v) is 6.75. The smallest absolute Gasteiger partial charge is 0.244 e. The van der Waals surface area contributed by atoms with Crippen molar-refractivity contribution in [2.75, 3.05) is 0 Å². The first-order valence-electron chi connectivity index (χ1n) is 7.11. The fourth-order valence-corrected chi connectivity index (χ4v) is 5.83. The van der Waals surface area contributed by atoms with E-state index in [1.54, 1.807) is 25.6 Å². The topological polar surface area (TPSA) is 90.0 Å². The van der Waals surface area contributed by atoms with E-state index in [0.717, 1.165) is 0 Å². The summed E-state index contributed by atoms with van der Waals surface area (Å²) in [6.07, 6.45) is 0. The maximum Gasteiger partial charge on any atom is 0.244 e.